The lowest BCUT2D eigenvalue weighted by atomic mass is 10.2. The highest BCUT2D eigenvalue weighted by Crippen LogP contribution is 1.94. The standard InChI is InChI=1S/C10H14O4/c1-7(2)9(11)5-13-6-14-10(12)8(3)4/h1,3,5-6H2,2,4H3. The van der Waals surface area contributed by atoms with Crippen molar-refractivity contribution >= 4 is 11.8 Å². The van der Waals surface area contributed by atoms with E-state index in [0.29, 0.717) is 11.1 Å². The van der Waals surface area contributed by atoms with Gasteiger partial charge in [0.25, 0.3) is 0 Å². The maximum absolute atomic E-state index is 10.9. The zero-order valence-corrected chi connectivity index (χ0v) is 8.46. The van der Waals surface area contributed by atoms with Crippen LogP contribution in [0.3, 0.4) is 0 Å². The first-order valence-corrected chi connectivity index (χ1v) is 4.04. The lowest BCUT2D eigenvalue weighted by Gasteiger charge is -2.04. The summed E-state index contributed by atoms with van der Waals surface area (Å²) in [5.74, 6) is -0.746. The highest BCUT2D eigenvalue weighted by molar-refractivity contribution is 5.95. The SMILES string of the molecule is C=C(C)C(=O)COCOC(=O)C(=C)C. The molecule has 0 aromatic heterocycles. The normalized spacial score (nSPS) is 9.29. The molecule has 0 bridgehead atoms. The zero-order valence-electron chi connectivity index (χ0n) is 8.46. The molecule has 14 heavy (non-hydrogen) atoms. The van der Waals surface area contributed by atoms with Crippen LogP contribution in [0.1, 0.15) is 13.8 Å². The molecule has 0 heterocycles. The highest BCUT2D eigenvalue weighted by atomic mass is 16.7. The molecular weight excluding hydrogens is 184 g/mol. The van der Waals surface area contributed by atoms with Crippen LogP contribution < -0.4 is 0 Å². The van der Waals surface area contributed by atoms with Crippen molar-refractivity contribution in [3.05, 3.63) is 24.3 Å². The summed E-state index contributed by atoms with van der Waals surface area (Å²) < 4.78 is 9.37. The number of carbonyl (C=O) groups is 2. The van der Waals surface area contributed by atoms with Gasteiger partial charge in [0.15, 0.2) is 12.6 Å². The lowest BCUT2D eigenvalue weighted by molar-refractivity contribution is -0.153. The van der Waals surface area contributed by atoms with Gasteiger partial charge in [-0.15, -0.1) is 0 Å². The summed E-state index contributed by atoms with van der Waals surface area (Å²) in [6, 6.07) is 0. The summed E-state index contributed by atoms with van der Waals surface area (Å²) in [5, 5.41) is 0. The molecule has 0 rings (SSSR count). The minimum atomic E-state index is -0.534. The summed E-state index contributed by atoms with van der Waals surface area (Å²) in [5.41, 5.74) is 0.705. The fraction of sp³-hybridized carbons (Fsp3) is 0.400. The van der Waals surface area contributed by atoms with Gasteiger partial charge in [-0.2, -0.15) is 0 Å². The van der Waals surface area contributed by atoms with Crippen molar-refractivity contribution in [3.8, 4) is 0 Å². The Morgan fingerprint density at radius 1 is 1.14 bits per heavy atom. The fourth-order valence-corrected chi connectivity index (χ4v) is 0.476. The maximum Gasteiger partial charge on any atom is 0.335 e. The van der Waals surface area contributed by atoms with Crippen LogP contribution in [0.25, 0.3) is 0 Å². The summed E-state index contributed by atoms with van der Waals surface area (Å²) in [6.07, 6.45) is 0. The molecule has 0 N–H and O–H groups in total. The van der Waals surface area contributed by atoms with E-state index in [1.165, 1.54) is 6.92 Å². The number of Topliss-reactive ketones (excluding diaryl/α,β-unsaturated/α-hetero) is 1. The van der Waals surface area contributed by atoms with Gasteiger partial charge in [0.1, 0.15) is 6.61 Å². The summed E-state index contributed by atoms with van der Waals surface area (Å²) in [7, 11) is 0. The van der Waals surface area contributed by atoms with Crippen LogP contribution in [-0.2, 0) is 19.1 Å². The third kappa shape index (κ3) is 5.27. The topological polar surface area (TPSA) is 52.6 Å². The van der Waals surface area contributed by atoms with Crippen LogP contribution in [0.2, 0.25) is 0 Å². The van der Waals surface area contributed by atoms with E-state index < -0.39 is 5.97 Å². The molecule has 78 valence electrons. The van der Waals surface area contributed by atoms with Crippen LogP contribution in [0.4, 0.5) is 0 Å². The Morgan fingerprint density at radius 3 is 2.14 bits per heavy atom. The quantitative estimate of drug-likeness (QED) is 0.279. The molecule has 0 aliphatic carbocycles. The van der Waals surface area contributed by atoms with Gasteiger partial charge in [0.2, 0.25) is 0 Å². The molecule has 0 fully saturated rings. The number of carbonyl (C=O) groups excluding carboxylic acids is 2. The molecule has 0 saturated carbocycles. The van der Waals surface area contributed by atoms with Gasteiger partial charge >= 0.3 is 5.97 Å². The maximum atomic E-state index is 10.9. The number of ether oxygens (including phenoxy) is 2. The van der Waals surface area contributed by atoms with E-state index in [-0.39, 0.29) is 19.2 Å². The summed E-state index contributed by atoms with van der Waals surface area (Å²) in [6.45, 7) is 9.58. The van der Waals surface area contributed by atoms with Gasteiger partial charge in [0.05, 0.1) is 0 Å². The van der Waals surface area contributed by atoms with Crippen molar-refractivity contribution in [2.24, 2.45) is 0 Å². The molecule has 0 aliphatic rings. The van der Waals surface area contributed by atoms with Crippen LogP contribution in [0.15, 0.2) is 24.3 Å². The van der Waals surface area contributed by atoms with Crippen molar-refractivity contribution in [3.63, 3.8) is 0 Å². The predicted molar refractivity (Wildman–Crippen MR) is 51.5 cm³/mol. The first-order chi connectivity index (χ1) is 6.45. The second kappa shape index (κ2) is 6.10. The largest absolute Gasteiger partial charge is 0.435 e. The van der Waals surface area contributed by atoms with E-state index in [1.54, 1.807) is 6.92 Å². The molecule has 0 aliphatic heterocycles. The van der Waals surface area contributed by atoms with Crippen molar-refractivity contribution in [2.45, 2.75) is 13.8 Å². The van der Waals surface area contributed by atoms with E-state index in [9.17, 15) is 9.59 Å². The van der Waals surface area contributed by atoms with E-state index in [1.807, 2.05) is 0 Å². The molecule has 0 unspecified atom stereocenters. The van der Waals surface area contributed by atoms with Crippen LogP contribution in [-0.4, -0.2) is 25.2 Å². The molecule has 0 aromatic carbocycles. The number of esters is 1. The average molecular weight is 198 g/mol. The third-order valence-electron chi connectivity index (χ3n) is 1.33. The molecule has 0 amide bonds. The van der Waals surface area contributed by atoms with Gasteiger partial charge < -0.3 is 9.47 Å². The summed E-state index contributed by atoms with van der Waals surface area (Å²) in [4.78, 5) is 21.8. The monoisotopic (exact) mass is 198 g/mol. The lowest BCUT2D eigenvalue weighted by Crippen LogP contribution is -2.14. The van der Waals surface area contributed by atoms with Crippen LogP contribution >= 0.6 is 0 Å². The van der Waals surface area contributed by atoms with E-state index >= 15 is 0 Å². The Kier molecular flexibility index (Phi) is 5.48. The predicted octanol–water partition coefficient (Wildman–Crippen LogP) is 1.22. The molecule has 0 aromatic rings. The van der Waals surface area contributed by atoms with E-state index in [4.69, 9.17) is 4.74 Å². The smallest absolute Gasteiger partial charge is 0.335 e. The van der Waals surface area contributed by atoms with E-state index in [0.717, 1.165) is 0 Å². The molecule has 0 saturated heterocycles. The minimum absolute atomic E-state index is 0.126. The van der Waals surface area contributed by atoms with Crippen LogP contribution in [0.5, 0.6) is 0 Å². The Bertz CT molecular complexity index is 237. The van der Waals surface area contributed by atoms with E-state index in [2.05, 4.69) is 17.9 Å². The molecule has 4 heteroatoms. The second-order valence-electron chi connectivity index (χ2n) is 2.88. The first-order valence-electron chi connectivity index (χ1n) is 4.04. The Hall–Kier alpha value is -1.42. The highest BCUT2D eigenvalue weighted by Gasteiger charge is 2.04. The van der Waals surface area contributed by atoms with Gasteiger partial charge in [-0.1, -0.05) is 13.2 Å². The Labute approximate surface area is 83.2 Å². The van der Waals surface area contributed by atoms with Gasteiger partial charge in [-0.25, -0.2) is 4.79 Å². The first kappa shape index (κ1) is 12.6. The van der Waals surface area contributed by atoms with Crippen molar-refractivity contribution in [1.82, 2.24) is 0 Å². The van der Waals surface area contributed by atoms with Gasteiger partial charge in [0, 0.05) is 5.57 Å². The molecule has 0 atom stereocenters. The van der Waals surface area contributed by atoms with Crippen LogP contribution in [0, 0.1) is 0 Å². The molecular formula is C10H14O4. The summed E-state index contributed by atoms with van der Waals surface area (Å²) >= 11 is 0. The number of ketones is 1. The average Bonchev–Trinajstić information content (AvgIpc) is 2.11. The minimum Gasteiger partial charge on any atom is -0.435 e. The van der Waals surface area contributed by atoms with Gasteiger partial charge in [-0.05, 0) is 19.4 Å². The Morgan fingerprint density at radius 2 is 1.71 bits per heavy atom. The Balaban J connectivity index is 3.57. The number of rotatable bonds is 6. The molecule has 0 radical (unpaired) electrons. The fourth-order valence-electron chi connectivity index (χ4n) is 0.476. The number of hydrogen-bond acceptors (Lipinski definition) is 4. The zero-order chi connectivity index (χ0) is 11.1. The van der Waals surface area contributed by atoms with Crippen molar-refractivity contribution in [1.29, 1.82) is 0 Å². The molecule has 4 nitrogen and oxygen atoms in total. The van der Waals surface area contributed by atoms with Crippen molar-refractivity contribution in [2.75, 3.05) is 13.4 Å². The second-order valence-corrected chi connectivity index (χ2v) is 2.88. The third-order valence-corrected chi connectivity index (χ3v) is 1.33. The molecule has 0 spiro atoms. The van der Waals surface area contributed by atoms with Gasteiger partial charge in [-0.3, -0.25) is 4.79 Å². The van der Waals surface area contributed by atoms with Crippen molar-refractivity contribution < 1.29 is 19.1 Å². The number of hydrogen-bond donors (Lipinski definition) is 0.